The zero-order valence-corrected chi connectivity index (χ0v) is 12.3. The number of anilines is 1. The highest BCUT2D eigenvalue weighted by Crippen LogP contribution is 2.45. The van der Waals surface area contributed by atoms with Crippen LogP contribution in [-0.2, 0) is 9.53 Å². The SMILES string of the molecule is CCOC(=O)[C@H]1Nc2ccc(Br)cc2[C@H]2C=CC[C@@H]12. The summed E-state index contributed by atoms with van der Waals surface area (Å²) in [5.41, 5.74) is 2.29. The van der Waals surface area contributed by atoms with Gasteiger partial charge >= 0.3 is 5.97 Å². The Morgan fingerprint density at radius 1 is 1.53 bits per heavy atom. The highest BCUT2D eigenvalue weighted by atomic mass is 79.9. The molecule has 0 fully saturated rings. The van der Waals surface area contributed by atoms with E-state index in [1.807, 2.05) is 19.1 Å². The molecule has 0 saturated carbocycles. The lowest BCUT2D eigenvalue weighted by Gasteiger charge is -2.35. The van der Waals surface area contributed by atoms with E-state index >= 15 is 0 Å². The van der Waals surface area contributed by atoms with Gasteiger partial charge in [-0.05, 0) is 37.1 Å². The van der Waals surface area contributed by atoms with Crippen molar-refractivity contribution in [3.63, 3.8) is 0 Å². The number of rotatable bonds is 2. The van der Waals surface area contributed by atoms with Crippen molar-refractivity contribution in [1.29, 1.82) is 0 Å². The van der Waals surface area contributed by atoms with Gasteiger partial charge < -0.3 is 10.1 Å². The number of hydrogen-bond donors (Lipinski definition) is 1. The Morgan fingerprint density at radius 3 is 3.16 bits per heavy atom. The van der Waals surface area contributed by atoms with Crippen molar-refractivity contribution >= 4 is 27.6 Å². The molecule has 2 aliphatic rings. The van der Waals surface area contributed by atoms with E-state index in [4.69, 9.17) is 4.74 Å². The average molecular weight is 322 g/mol. The zero-order valence-electron chi connectivity index (χ0n) is 10.7. The molecule has 3 atom stereocenters. The number of fused-ring (bicyclic) bond motifs is 3. The van der Waals surface area contributed by atoms with Crippen LogP contribution in [0.15, 0.2) is 34.8 Å². The number of carbonyl (C=O) groups is 1. The quantitative estimate of drug-likeness (QED) is 0.669. The summed E-state index contributed by atoms with van der Waals surface area (Å²) in [5, 5.41) is 3.34. The second kappa shape index (κ2) is 5.00. The van der Waals surface area contributed by atoms with E-state index in [9.17, 15) is 4.79 Å². The van der Waals surface area contributed by atoms with Gasteiger partial charge in [0.15, 0.2) is 0 Å². The van der Waals surface area contributed by atoms with Crippen molar-refractivity contribution in [1.82, 2.24) is 0 Å². The number of nitrogens with one attached hydrogen (secondary N) is 1. The molecule has 0 unspecified atom stereocenters. The van der Waals surface area contributed by atoms with Gasteiger partial charge in [-0.15, -0.1) is 0 Å². The van der Waals surface area contributed by atoms with Crippen LogP contribution in [0.1, 0.15) is 24.8 Å². The Hall–Kier alpha value is -1.29. The minimum Gasteiger partial charge on any atom is -0.464 e. The number of ether oxygens (including phenoxy) is 1. The fourth-order valence-electron chi connectivity index (χ4n) is 3.03. The number of benzene rings is 1. The van der Waals surface area contributed by atoms with E-state index in [-0.39, 0.29) is 17.9 Å². The summed E-state index contributed by atoms with van der Waals surface area (Å²) in [6.07, 6.45) is 5.30. The van der Waals surface area contributed by atoms with E-state index in [0.29, 0.717) is 12.5 Å². The predicted molar refractivity (Wildman–Crippen MR) is 78.2 cm³/mol. The molecule has 0 amide bonds. The molecule has 0 spiro atoms. The van der Waals surface area contributed by atoms with Crippen LogP contribution in [0.2, 0.25) is 0 Å². The largest absolute Gasteiger partial charge is 0.464 e. The van der Waals surface area contributed by atoms with Gasteiger partial charge in [0, 0.05) is 22.0 Å². The second-order valence-electron chi connectivity index (χ2n) is 4.96. The van der Waals surface area contributed by atoms with E-state index in [1.54, 1.807) is 0 Å². The number of hydrogen-bond acceptors (Lipinski definition) is 3. The minimum absolute atomic E-state index is 0.144. The lowest BCUT2D eigenvalue weighted by atomic mass is 9.79. The first-order valence-corrected chi connectivity index (χ1v) is 7.39. The summed E-state index contributed by atoms with van der Waals surface area (Å²) in [7, 11) is 0. The third-order valence-corrected chi connectivity index (χ3v) is 4.36. The zero-order chi connectivity index (χ0) is 13.4. The summed E-state index contributed by atoms with van der Waals surface area (Å²) < 4.78 is 6.26. The van der Waals surface area contributed by atoms with Gasteiger partial charge in [0.05, 0.1) is 6.61 Å². The Morgan fingerprint density at radius 2 is 2.37 bits per heavy atom. The fourth-order valence-corrected chi connectivity index (χ4v) is 3.41. The van der Waals surface area contributed by atoms with Crippen LogP contribution in [0.25, 0.3) is 0 Å². The average Bonchev–Trinajstić information content (AvgIpc) is 2.87. The molecule has 1 aromatic rings. The van der Waals surface area contributed by atoms with E-state index < -0.39 is 0 Å². The molecule has 100 valence electrons. The Labute approximate surface area is 121 Å². The first-order chi connectivity index (χ1) is 9.20. The fraction of sp³-hybridized carbons (Fsp3) is 0.400. The van der Waals surface area contributed by atoms with Crippen molar-refractivity contribution in [2.75, 3.05) is 11.9 Å². The highest BCUT2D eigenvalue weighted by Gasteiger charge is 2.41. The smallest absolute Gasteiger partial charge is 0.328 e. The molecule has 19 heavy (non-hydrogen) atoms. The van der Waals surface area contributed by atoms with Crippen molar-refractivity contribution in [3.8, 4) is 0 Å². The molecular formula is C15H16BrNO2. The highest BCUT2D eigenvalue weighted by molar-refractivity contribution is 9.10. The number of esters is 1. The molecular weight excluding hydrogens is 306 g/mol. The summed E-state index contributed by atoms with van der Waals surface area (Å²) in [5.74, 6) is 0.429. The van der Waals surface area contributed by atoms with Crippen LogP contribution in [0.4, 0.5) is 5.69 Å². The molecule has 0 radical (unpaired) electrons. The van der Waals surface area contributed by atoms with Crippen LogP contribution < -0.4 is 5.32 Å². The van der Waals surface area contributed by atoms with Gasteiger partial charge in [-0.3, -0.25) is 0 Å². The van der Waals surface area contributed by atoms with E-state index in [2.05, 4.69) is 39.5 Å². The maximum absolute atomic E-state index is 12.1. The Bertz CT molecular complexity index is 541. The van der Waals surface area contributed by atoms with E-state index in [0.717, 1.165) is 16.6 Å². The van der Waals surface area contributed by atoms with Gasteiger partial charge in [-0.2, -0.15) is 0 Å². The van der Waals surface area contributed by atoms with Gasteiger partial charge in [0.2, 0.25) is 0 Å². The second-order valence-corrected chi connectivity index (χ2v) is 5.87. The maximum Gasteiger partial charge on any atom is 0.328 e. The molecule has 1 aliphatic heterocycles. The molecule has 3 nitrogen and oxygen atoms in total. The summed E-state index contributed by atoms with van der Waals surface area (Å²) in [4.78, 5) is 12.1. The molecule has 1 heterocycles. The van der Waals surface area contributed by atoms with Crippen molar-refractivity contribution < 1.29 is 9.53 Å². The topological polar surface area (TPSA) is 38.3 Å². The molecule has 1 aliphatic carbocycles. The lowest BCUT2D eigenvalue weighted by Crippen LogP contribution is -2.42. The van der Waals surface area contributed by atoms with Gasteiger partial charge in [0.1, 0.15) is 6.04 Å². The van der Waals surface area contributed by atoms with Crippen LogP contribution >= 0.6 is 15.9 Å². The van der Waals surface area contributed by atoms with Gasteiger partial charge in [-0.1, -0.05) is 28.1 Å². The van der Waals surface area contributed by atoms with Crippen molar-refractivity contribution in [2.45, 2.75) is 25.3 Å². The Balaban J connectivity index is 1.97. The van der Waals surface area contributed by atoms with Crippen molar-refractivity contribution in [2.24, 2.45) is 5.92 Å². The normalized spacial score (nSPS) is 27.4. The monoisotopic (exact) mass is 321 g/mol. The van der Waals surface area contributed by atoms with Gasteiger partial charge in [-0.25, -0.2) is 4.79 Å². The number of halogens is 1. The molecule has 0 saturated heterocycles. The number of carbonyl (C=O) groups excluding carboxylic acids is 1. The lowest BCUT2D eigenvalue weighted by molar-refractivity contribution is -0.145. The first kappa shape index (κ1) is 12.7. The maximum atomic E-state index is 12.1. The standard InChI is InChI=1S/C15H16BrNO2/c1-2-19-15(18)14-11-5-3-4-10(11)12-8-9(16)6-7-13(12)17-14/h3-4,6-8,10-11,14,17H,2,5H2,1H3/t10-,11+,14-/m0/s1. The Kier molecular flexibility index (Phi) is 3.35. The van der Waals surface area contributed by atoms with Crippen LogP contribution in [0.3, 0.4) is 0 Å². The summed E-state index contributed by atoms with van der Waals surface area (Å²) >= 11 is 3.51. The number of allylic oxidation sites excluding steroid dienone is 2. The van der Waals surface area contributed by atoms with Crippen LogP contribution in [0.5, 0.6) is 0 Å². The minimum atomic E-state index is -0.242. The molecule has 1 aromatic carbocycles. The molecule has 0 aromatic heterocycles. The predicted octanol–water partition coefficient (Wildman–Crippen LogP) is 3.47. The summed E-state index contributed by atoms with van der Waals surface area (Å²) in [6, 6.07) is 5.91. The van der Waals surface area contributed by atoms with Crippen LogP contribution in [0, 0.1) is 5.92 Å². The third kappa shape index (κ3) is 2.18. The molecule has 3 rings (SSSR count). The van der Waals surface area contributed by atoms with E-state index in [1.165, 1.54) is 5.56 Å². The summed E-state index contributed by atoms with van der Waals surface area (Å²) in [6.45, 7) is 2.27. The molecule has 1 N–H and O–H groups in total. The molecule has 0 bridgehead atoms. The van der Waals surface area contributed by atoms with Crippen molar-refractivity contribution in [3.05, 3.63) is 40.4 Å². The molecule has 4 heteroatoms. The third-order valence-electron chi connectivity index (χ3n) is 3.87. The van der Waals surface area contributed by atoms with Gasteiger partial charge in [0.25, 0.3) is 0 Å². The van der Waals surface area contributed by atoms with Crippen LogP contribution in [-0.4, -0.2) is 18.6 Å². The first-order valence-electron chi connectivity index (χ1n) is 6.60.